The van der Waals surface area contributed by atoms with E-state index in [9.17, 15) is 4.79 Å². The molecular formula is C15H18N2O2. The summed E-state index contributed by atoms with van der Waals surface area (Å²) in [6, 6.07) is 1.72. The first kappa shape index (κ1) is 13.6. The van der Waals surface area contributed by atoms with Crippen LogP contribution < -0.4 is 0 Å². The van der Waals surface area contributed by atoms with Crippen molar-refractivity contribution in [2.45, 2.75) is 19.3 Å². The minimum absolute atomic E-state index is 0.0213. The van der Waals surface area contributed by atoms with E-state index in [1.54, 1.807) is 23.4 Å². The number of aliphatic hydroxyl groups is 1. The number of carbonyl (C=O) groups excluding carboxylic acids is 1. The van der Waals surface area contributed by atoms with Gasteiger partial charge in [-0.25, -0.2) is 0 Å². The number of rotatable bonds is 3. The second-order valence-electron chi connectivity index (χ2n) is 4.90. The molecule has 1 N–H and O–H groups in total. The van der Waals surface area contributed by atoms with E-state index in [1.807, 2.05) is 7.05 Å². The van der Waals surface area contributed by atoms with Crippen LogP contribution in [-0.4, -0.2) is 41.1 Å². The van der Waals surface area contributed by atoms with Gasteiger partial charge in [-0.3, -0.25) is 9.78 Å². The zero-order chi connectivity index (χ0) is 13.7. The SMILES string of the molecule is CN(CC1CCC1)C(=O)c1cncc(C#CCO)c1. The van der Waals surface area contributed by atoms with Gasteiger partial charge in [0.2, 0.25) is 0 Å². The summed E-state index contributed by atoms with van der Waals surface area (Å²) in [7, 11) is 1.83. The van der Waals surface area contributed by atoms with Crippen molar-refractivity contribution in [1.82, 2.24) is 9.88 Å². The summed E-state index contributed by atoms with van der Waals surface area (Å²) in [5, 5.41) is 8.66. The quantitative estimate of drug-likeness (QED) is 0.831. The van der Waals surface area contributed by atoms with Gasteiger partial charge in [0.05, 0.1) is 5.56 Å². The third-order valence-electron chi connectivity index (χ3n) is 3.40. The molecule has 0 bridgehead atoms. The van der Waals surface area contributed by atoms with Gasteiger partial charge in [0.15, 0.2) is 0 Å². The number of aliphatic hydroxyl groups excluding tert-OH is 1. The molecule has 0 unspecified atom stereocenters. The molecule has 0 saturated heterocycles. The molecule has 1 aromatic rings. The fraction of sp³-hybridized carbons (Fsp3) is 0.467. The molecule has 0 aliphatic heterocycles. The smallest absolute Gasteiger partial charge is 0.255 e. The Bertz CT molecular complexity index is 512. The standard InChI is InChI=1S/C15H18N2O2/c1-17(11-12-4-2-5-12)15(19)14-8-13(6-3-7-18)9-16-10-14/h8-10,12,18H,2,4-5,7,11H2,1H3. The largest absolute Gasteiger partial charge is 0.384 e. The number of carbonyl (C=O) groups is 1. The Morgan fingerprint density at radius 1 is 1.53 bits per heavy atom. The van der Waals surface area contributed by atoms with E-state index >= 15 is 0 Å². The number of hydrogen-bond donors (Lipinski definition) is 1. The van der Waals surface area contributed by atoms with E-state index in [2.05, 4.69) is 16.8 Å². The zero-order valence-corrected chi connectivity index (χ0v) is 11.1. The minimum atomic E-state index is -0.195. The topological polar surface area (TPSA) is 53.4 Å². The maximum absolute atomic E-state index is 12.2. The number of hydrogen-bond acceptors (Lipinski definition) is 3. The van der Waals surface area contributed by atoms with E-state index in [1.165, 1.54) is 19.3 Å². The average Bonchev–Trinajstić information content (AvgIpc) is 2.39. The maximum Gasteiger partial charge on any atom is 0.255 e. The van der Waals surface area contributed by atoms with Crippen LogP contribution in [0.3, 0.4) is 0 Å². The van der Waals surface area contributed by atoms with Crippen LogP contribution in [0.1, 0.15) is 35.2 Å². The number of aromatic nitrogens is 1. The monoisotopic (exact) mass is 258 g/mol. The fourth-order valence-corrected chi connectivity index (χ4v) is 2.13. The predicted octanol–water partition coefficient (Wildman–Crippen LogP) is 1.30. The highest BCUT2D eigenvalue weighted by Gasteiger charge is 2.22. The average molecular weight is 258 g/mol. The summed E-state index contributed by atoms with van der Waals surface area (Å²) >= 11 is 0. The van der Waals surface area contributed by atoms with E-state index in [0.29, 0.717) is 17.0 Å². The van der Waals surface area contributed by atoms with Crippen molar-refractivity contribution < 1.29 is 9.90 Å². The highest BCUT2D eigenvalue weighted by molar-refractivity contribution is 5.94. The lowest BCUT2D eigenvalue weighted by Gasteiger charge is -2.30. The number of amides is 1. The van der Waals surface area contributed by atoms with Gasteiger partial charge in [-0.2, -0.15) is 0 Å². The summed E-state index contributed by atoms with van der Waals surface area (Å²) in [4.78, 5) is 18.0. The number of nitrogens with zero attached hydrogens (tertiary/aromatic N) is 2. The number of pyridine rings is 1. The van der Waals surface area contributed by atoms with E-state index in [4.69, 9.17) is 5.11 Å². The summed E-state index contributed by atoms with van der Waals surface area (Å²) < 4.78 is 0. The summed E-state index contributed by atoms with van der Waals surface area (Å²) in [6.07, 6.45) is 6.87. The molecule has 100 valence electrons. The van der Waals surface area contributed by atoms with Gasteiger partial charge in [-0.15, -0.1) is 0 Å². The highest BCUT2D eigenvalue weighted by atomic mass is 16.2. The lowest BCUT2D eigenvalue weighted by molar-refractivity contribution is 0.0745. The molecule has 1 heterocycles. The van der Waals surface area contributed by atoms with Crippen molar-refractivity contribution >= 4 is 5.91 Å². The third-order valence-corrected chi connectivity index (χ3v) is 3.40. The van der Waals surface area contributed by atoms with E-state index < -0.39 is 0 Å². The molecule has 1 saturated carbocycles. The molecule has 4 heteroatoms. The molecule has 1 fully saturated rings. The molecular weight excluding hydrogens is 240 g/mol. The van der Waals surface area contributed by atoms with Gasteiger partial charge in [-0.05, 0) is 24.8 Å². The molecule has 0 radical (unpaired) electrons. The second-order valence-corrected chi connectivity index (χ2v) is 4.90. The Hall–Kier alpha value is -1.86. The Morgan fingerprint density at radius 3 is 2.95 bits per heavy atom. The van der Waals surface area contributed by atoms with Crippen molar-refractivity contribution in [1.29, 1.82) is 0 Å². The van der Waals surface area contributed by atoms with E-state index in [0.717, 1.165) is 6.54 Å². The van der Waals surface area contributed by atoms with Gasteiger partial charge in [0, 0.05) is 31.5 Å². The summed E-state index contributed by atoms with van der Waals surface area (Å²) in [5.74, 6) is 5.94. The first-order chi connectivity index (χ1) is 9.20. The van der Waals surface area contributed by atoms with Crippen molar-refractivity contribution in [3.05, 3.63) is 29.6 Å². The van der Waals surface area contributed by atoms with Crippen LogP contribution in [0.25, 0.3) is 0 Å². The molecule has 0 atom stereocenters. The normalized spacial score (nSPS) is 14.2. The molecule has 4 nitrogen and oxygen atoms in total. The molecule has 1 aromatic heterocycles. The summed E-state index contributed by atoms with van der Waals surface area (Å²) in [6.45, 7) is 0.616. The molecule has 0 aromatic carbocycles. The fourth-order valence-electron chi connectivity index (χ4n) is 2.13. The first-order valence-electron chi connectivity index (χ1n) is 6.51. The van der Waals surface area contributed by atoms with Gasteiger partial charge in [0.25, 0.3) is 5.91 Å². The lowest BCUT2D eigenvalue weighted by atomic mass is 9.85. The predicted molar refractivity (Wildman–Crippen MR) is 72.5 cm³/mol. The Balaban J connectivity index is 2.04. The molecule has 1 aliphatic carbocycles. The minimum Gasteiger partial charge on any atom is -0.384 e. The van der Waals surface area contributed by atoms with Gasteiger partial charge in [-0.1, -0.05) is 18.3 Å². The van der Waals surface area contributed by atoms with Gasteiger partial charge < -0.3 is 10.0 Å². The van der Waals surface area contributed by atoms with Crippen LogP contribution in [0.15, 0.2) is 18.5 Å². The van der Waals surface area contributed by atoms with Gasteiger partial charge >= 0.3 is 0 Å². The van der Waals surface area contributed by atoms with Gasteiger partial charge in [0.1, 0.15) is 6.61 Å². The van der Waals surface area contributed by atoms with Crippen LogP contribution in [0.2, 0.25) is 0 Å². The van der Waals surface area contributed by atoms with E-state index in [-0.39, 0.29) is 12.5 Å². The van der Waals surface area contributed by atoms with Crippen molar-refractivity contribution in [3.8, 4) is 11.8 Å². The maximum atomic E-state index is 12.2. The first-order valence-corrected chi connectivity index (χ1v) is 6.51. The molecule has 1 amide bonds. The van der Waals surface area contributed by atoms with Crippen LogP contribution >= 0.6 is 0 Å². The second kappa shape index (κ2) is 6.35. The Morgan fingerprint density at radius 2 is 2.32 bits per heavy atom. The Kier molecular flexibility index (Phi) is 4.53. The molecule has 0 spiro atoms. The van der Waals surface area contributed by atoms with Crippen LogP contribution in [0.5, 0.6) is 0 Å². The zero-order valence-electron chi connectivity index (χ0n) is 11.1. The lowest BCUT2D eigenvalue weighted by Crippen LogP contribution is -2.34. The van der Waals surface area contributed by atoms with Crippen LogP contribution in [0.4, 0.5) is 0 Å². The van der Waals surface area contributed by atoms with Crippen molar-refractivity contribution in [2.24, 2.45) is 5.92 Å². The molecule has 19 heavy (non-hydrogen) atoms. The third kappa shape index (κ3) is 3.55. The van der Waals surface area contributed by atoms with Crippen molar-refractivity contribution in [2.75, 3.05) is 20.2 Å². The van der Waals surface area contributed by atoms with Crippen LogP contribution in [-0.2, 0) is 0 Å². The molecule has 2 rings (SSSR count). The van der Waals surface area contributed by atoms with Crippen LogP contribution in [0, 0.1) is 17.8 Å². The Labute approximate surface area is 113 Å². The summed E-state index contributed by atoms with van der Waals surface area (Å²) in [5.41, 5.74) is 1.20. The van der Waals surface area contributed by atoms with Crippen molar-refractivity contribution in [3.63, 3.8) is 0 Å². The molecule has 1 aliphatic rings. The highest BCUT2D eigenvalue weighted by Crippen LogP contribution is 2.27.